The summed E-state index contributed by atoms with van der Waals surface area (Å²) in [6.07, 6.45) is 2.44. The van der Waals surface area contributed by atoms with E-state index in [1.54, 1.807) is 23.0 Å². The molecule has 1 aliphatic rings. The predicted molar refractivity (Wildman–Crippen MR) is 80.7 cm³/mol. The topological polar surface area (TPSA) is 59.7 Å². The molecule has 1 aromatic carbocycles. The van der Waals surface area contributed by atoms with Gasteiger partial charge in [-0.2, -0.15) is 5.10 Å². The van der Waals surface area contributed by atoms with Crippen molar-refractivity contribution in [3.8, 4) is 17.0 Å². The summed E-state index contributed by atoms with van der Waals surface area (Å²) in [4.78, 5) is 5.51. The number of imidazole rings is 1. The van der Waals surface area contributed by atoms with Crippen LogP contribution in [0.5, 0.6) is 5.75 Å². The number of benzene rings is 1. The second kappa shape index (κ2) is 4.82. The standard InChI is InChI=1S/C15H15N3O2S/c1-20-11-6-4-9(5-7-11)13-12(8-19)18-15(16-13)21-14(17-18)10-2-3-10/h4-7,10,19H,2-3,8H2,1H3. The molecule has 0 atom stereocenters. The van der Waals surface area contributed by atoms with Crippen molar-refractivity contribution in [3.63, 3.8) is 0 Å². The first-order valence-corrected chi connectivity index (χ1v) is 7.75. The normalized spacial score (nSPS) is 14.8. The number of hydrogen-bond donors (Lipinski definition) is 1. The van der Waals surface area contributed by atoms with Gasteiger partial charge < -0.3 is 9.84 Å². The average molecular weight is 301 g/mol. The highest BCUT2D eigenvalue weighted by molar-refractivity contribution is 7.16. The van der Waals surface area contributed by atoms with Crippen LogP contribution in [0.1, 0.15) is 29.5 Å². The highest BCUT2D eigenvalue weighted by Crippen LogP contribution is 2.42. The quantitative estimate of drug-likeness (QED) is 0.805. The van der Waals surface area contributed by atoms with E-state index in [1.807, 2.05) is 24.3 Å². The van der Waals surface area contributed by atoms with E-state index in [9.17, 15) is 5.11 Å². The fourth-order valence-corrected chi connectivity index (χ4v) is 3.51. The van der Waals surface area contributed by atoms with Gasteiger partial charge in [-0.05, 0) is 37.1 Å². The third-order valence-electron chi connectivity index (χ3n) is 3.75. The van der Waals surface area contributed by atoms with Gasteiger partial charge in [-0.25, -0.2) is 9.50 Å². The van der Waals surface area contributed by atoms with Gasteiger partial charge in [0.05, 0.1) is 25.1 Å². The van der Waals surface area contributed by atoms with Crippen molar-refractivity contribution < 1.29 is 9.84 Å². The number of hydrogen-bond acceptors (Lipinski definition) is 5. The Labute approximate surface area is 125 Å². The number of ether oxygens (including phenoxy) is 1. The van der Waals surface area contributed by atoms with Crippen molar-refractivity contribution in [1.82, 2.24) is 14.6 Å². The highest BCUT2D eigenvalue weighted by Gasteiger charge is 2.29. The van der Waals surface area contributed by atoms with E-state index in [1.165, 1.54) is 12.8 Å². The first-order chi connectivity index (χ1) is 10.3. The lowest BCUT2D eigenvalue weighted by molar-refractivity contribution is 0.275. The molecule has 0 radical (unpaired) electrons. The minimum atomic E-state index is -0.0730. The Morgan fingerprint density at radius 3 is 2.71 bits per heavy atom. The van der Waals surface area contributed by atoms with Gasteiger partial charge in [0, 0.05) is 11.5 Å². The molecule has 108 valence electrons. The number of aliphatic hydroxyl groups is 1. The Morgan fingerprint density at radius 2 is 2.10 bits per heavy atom. The fraction of sp³-hybridized carbons (Fsp3) is 0.333. The van der Waals surface area contributed by atoms with Crippen LogP contribution < -0.4 is 4.74 Å². The molecule has 0 amide bonds. The van der Waals surface area contributed by atoms with Crippen molar-refractivity contribution in [1.29, 1.82) is 0 Å². The Kier molecular flexibility index (Phi) is 2.94. The molecule has 21 heavy (non-hydrogen) atoms. The molecular weight excluding hydrogens is 286 g/mol. The molecule has 2 heterocycles. The van der Waals surface area contributed by atoms with Crippen LogP contribution in [0.3, 0.4) is 0 Å². The zero-order valence-electron chi connectivity index (χ0n) is 11.6. The van der Waals surface area contributed by atoms with E-state index < -0.39 is 0 Å². The van der Waals surface area contributed by atoms with E-state index in [-0.39, 0.29) is 6.61 Å². The molecule has 3 aromatic rings. The number of methoxy groups -OCH3 is 1. The predicted octanol–water partition coefficient (Wildman–Crippen LogP) is 2.84. The Morgan fingerprint density at radius 1 is 1.33 bits per heavy atom. The van der Waals surface area contributed by atoms with Crippen molar-refractivity contribution in [2.75, 3.05) is 7.11 Å². The summed E-state index contributed by atoms with van der Waals surface area (Å²) in [6, 6.07) is 7.69. The van der Waals surface area contributed by atoms with Gasteiger partial charge in [-0.3, -0.25) is 0 Å². The number of aromatic nitrogens is 3. The van der Waals surface area contributed by atoms with Crippen LogP contribution in [0.2, 0.25) is 0 Å². The van der Waals surface area contributed by atoms with E-state index >= 15 is 0 Å². The van der Waals surface area contributed by atoms with Crippen molar-refractivity contribution in [2.45, 2.75) is 25.4 Å². The largest absolute Gasteiger partial charge is 0.497 e. The lowest BCUT2D eigenvalue weighted by Crippen LogP contribution is -1.96. The lowest BCUT2D eigenvalue weighted by atomic mass is 10.1. The van der Waals surface area contributed by atoms with Crippen LogP contribution in [-0.4, -0.2) is 26.8 Å². The first kappa shape index (κ1) is 12.8. The molecule has 1 fully saturated rings. The molecule has 0 saturated heterocycles. The number of nitrogens with zero attached hydrogens (tertiary/aromatic N) is 3. The first-order valence-electron chi connectivity index (χ1n) is 6.93. The Balaban J connectivity index is 1.81. The molecule has 0 spiro atoms. The maximum absolute atomic E-state index is 9.71. The molecule has 5 nitrogen and oxygen atoms in total. The number of rotatable bonds is 4. The molecule has 1 aliphatic carbocycles. The summed E-state index contributed by atoms with van der Waals surface area (Å²) in [5, 5.41) is 15.5. The number of aliphatic hydroxyl groups excluding tert-OH is 1. The monoisotopic (exact) mass is 301 g/mol. The Hall–Kier alpha value is -1.92. The second-order valence-electron chi connectivity index (χ2n) is 5.20. The molecule has 0 bridgehead atoms. The maximum atomic E-state index is 9.71. The van der Waals surface area contributed by atoms with Gasteiger partial charge in [-0.1, -0.05) is 11.3 Å². The minimum absolute atomic E-state index is 0.0730. The van der Waals surface area contributed by atoms with E-state index in [0.717, 1.165) is 32.7 Å². The third-order valence-corrected chi connectivity index (χ3v) is 4.82. The molecule has 6 heteroatoms. The molecular formula is C15H15N3O2S. The van der Waals surface area contributed by atoms with Crippen molar-refractivity contribution in [3.05, 3.63) is 35.0 Å². The van der Waals surface area contributed by atoms with E-state index in [4.69, 9.17) is 4.74 Å². The van der Waals surface area contributed by atoms with Gasteiger partial charge in [0.25, 0.3) is 0 Å². The van der Waals surface area contributed by atoms with E-state index in [0.29, 0.717) is 5.92 Å². The molecule has 2 aromatic heterocycles. The molecule has 0 aliphatic heterocycles. The third kappa shape index (κ3) is 2.11. The lowest BCUT2D eigenvalue weighted by Gasteiger charge is -2.03. The molecule has 1 N–H and O–H groups in total. The van der Waals surface area contributed by atoms with Crippen molar-refractivity contribution >= 4 is 16.3 Å². The van der Waals surface area contributed by atoms with Gasteiger partial charge in [0.15, 0.2) is 0 Å². The van der Waals surface area contributed by atoms with Gasteiger partial charge in [0.1, 0.15) is 10.8 Å². The zero-order valence-corrected chi connectivity index (χ0v) is 12.4. The smallest absolute Gasteiger partial charge is 0.213 e. The second-order valence-corrected chi connectivity index (χ2v) is 6.19. The maximum Gasteiger partial charge on any atom is 0.213 e. The summed E-state index contributed by atoms with van der Waals surface area (Å²) in [7, 11) is 1.64. The van der Waals surface area contributed by atoms with Crippen LogP contribution in [0, 0.1) is 0 Å². The summed E-state index contributed by atoms with van der Waals surface area (Å²) in [6.45, 7) is -0.0730. The van der Waals surface area contributed by atoms with Crippen LogP contribution in [-0.2, 0) is 6.61 Å². The van der Waals surface area contributed by atoms with Crippen LogP contribution in [0.25, 0.3) is 16.2 Å². The van der Waals surface area contributed by atoms with Crippen LogP contribution in [0.4, 0.5) is 0 Å². The van der Waals surface area contributed by atoms with Gasteiger partial charge in [0.2, 0.25) is 4.96 Å². The van der Waals surface area contributed by atoms with Gasteiger partial charge in [-0.15, -0.1) is 0 Å². The highest BCUT2D eigenvalue weighted by atomic mass is 32.1. The molecule has 1 saturated carbocycles. The van der Waals surface area contributed by atoms with Crippen LogP contribution in [0.15, 0.2) is 24.3 Å². The summed E-state index contributed by atoms with van der Waals surface area (Å²) < 4.78 is 6.96. The van der Waals surface area contributed by atoms with Gasteiger partial charge >= 0.3 is 0 Å². The summed E-state index contributed by atoms with van der Waals surface area (Å²) >= 11 is 1.63. The Bertz CT molecular complexity index is 787. The van der Waals surface area contributed by atoms with E-state index in [2.05, 4.69) is 10.1 Å². The minimum Gasteiger partial charge on any atom is -0.497 e. The van der Waals surface area contributed by atoms with Crippen molar-refractivity contribution in [2.24, 2.45) is 0 Å². The number of fused-ring (bicyclic) bond motifs is 1. The molecule has 4 rings (SSSR count). The van der Waals surface area contributed by atoms with Crippen LogP contribution >= 0.6 is 11.3 Å². The zero-order chi connectivity index (χ0) is 14.4. The molecule has 0 unspecified atom stereocenters. The SMILES string of the molecule is COc1ccc(-c2nc3sc(C4CC4)nn3c2CO)cc1. The fourth-order valence-electron chi connectivity index (χ4n) is 2.42. The summed E-state index contributed by atoms with van der Waals surface area (Å²) in [5.74, 6) is 1.41. The average Bonchev–Trinajstić information content (AvgIpc) is 3.20. The summed E-state index contributed by atoms with van der Waals surface area (Å²) in [5.41, 5.74) is 2.50.